The molecule has 256 valence electrons. The van der Waals surface area contributed by atoms with Crippen molar-refractivity contribution in [2.75, 3.05) is 6.61 Å². The molecule has 0 saturated carbocycles. The number of ketones is 1. The Labute approximate surface area is 286 Å². The zero-order chi connectivity index (χ0) is 35.3. The molecule has 0 spiro atoms. The van der Waals surface area contributed by atoms with Gasteiger partial charge in [0, 0.05) is 34.9 Å². The average Bonchev–Trinajstić information content (AvgIpc) is 3.78. The molecule has 2 aliphatic rings. The molecule has 0 amide bonds. The molecule has 0 radical (unpaired) electrons. The van der Waals surface area contributed by atoms with Gasteiger partial charge in [0.05, 0.1) is 30.1 Å². The van der Waals surface area contributed by atoms with Crippen molar-refractivity contribution in [3.8, 4) is 17.2 Å². The Morgan fingerprint density at radius 1 is 1.02 bits per heavy atom. The monoisotopic (exact) mass is 676 g/mol. The molecule has 1 saturated heterocycles. The van der Waals surface area contributed by atoms with Crippen LogP contribution >= 0.6 is 0 Å². The minimum atomic E-state index is -1.08. The normalized spacial score (nSPS) is 20.6. The molecule has 2 aliphatic heterocycles. The van der Waals surface area contributed by atoms with Crippen LogP contribution in [0.5, 0.6) is 11.5 Å². The number of carbonyl (C=O) groups excluding carboxylic acids is 1. The van der Waals surface area contributed by atoms with Crippen LogP contribution in [0.4, 0.5) is 0 Å². The van der Waals surface area contributed by atoms with E-state index in [1.165, 1.54) is 10.8 Å². The summed E-state index contributed by atoms with van der Waals surface area (Å²) in [4.78, 5) is 41.6. The van der Waals surface area contributed by atoms with Gasteiger partial charge in [0.2, 0.25) is 5.78 Å². The summed E-state index contributed by atoms with van der Waals surface area (Å²) < 4.78 is 21.0. The first-order valence-electron chi connectivity index (χ1n) is 16.2. The van der Waals surface area contributed by atoms with Crippen LogP contribution < -0.4 is 20.7 Å². The van der Waals surface area contributed by atoms with Crippen LogP contribution in [0.25, 0.3) is 16.1 Å². The van der Waals surface area contributed by atoms with E-state index in [-0.39, 0.29) is 18.8 Å². The summed E-state index contributed by atoms with van der Waals surface area (Å²) >= 11 is 0. The average molecular weight is 677 g/mol. The molecule has 13 nitrogen and oxygen atoms in total. The number of aromatic nitrogens is 3. The highest BCUT2D eigenvalue weighted by atomic mass is 16.5. The number of Topliss-reactive ketones (excluding diaryl/α,β-unsaturated/α-hetero) is 1. The van der Waals surface area contributed by atoms with Crippen molar-refractivity contribution in [3.63, 3.8) is 0 Å². The summed E-state index contributed by atoms with van der Waals surface area (Å²) in [6.45, 7) is 3.71. The third kappa shape index (κ3) is 6.70. The van der Waals surface area contributed by atoms with E-state index in [1.807, 2.05) is 109 Å². The van der Waals surface area contributed by atoms with Gasteiger partial charge < -0.3 is 23.9 Å². The summed E-state index contributed by atoms with van der Waals surface area (Å²) in [5, 5.41) is 12.7. The van der Waals surface area contributed by atoms with E-state index in [9.17, 15) is 14.4 Å². The number of rotatable bonds is 8. The molecule has 4 heterocycles. The number of aliphatic hydroxyl groups is 1. The largest absolute Gasteiger partial charge is 0.489 e. The Balaban J connectivity index is 0.000000195. The number of aromatic amines is 1. The Kier molecular flexibility index (Phi) is 10.0. The van der Waals surface area contributed by atoms with Crippen LogP contribution in [0.15, 0.2) is 118 Å². The molecule has 7 rings (SSSR count). The van der Waals surface area contributed by atoms with Crippen molar-refractivity contribution in [2.24, 2.45) is 5.11 Å². The predicted molar refractivity (Wildman–Crippen MR) is 185 cm³/mol. The molecule has 5 aromatic rings. The molecule has 0 bridgehead atoms. The smallest absolute Gasteiger partial charge is 0.330 e. The van der Waals surface area contributed by atoms with Crippen LogP contribution in [0.2, 0.25) is 0 Å². The molecule has 13 heteroatoms. The zero-order valence-electron chi connectivity index (χ0n) is 27.5. The first kappa shape index (κ1) is 34.0. The summed E-state index contributed by atoms with van der Waals surface area (Å²) in [7, 11) is 0. The molecular weight excluding hydrogens is 640 g/mol. The maximum atomic E-state index is 13.7. The number of carbonyl (C=O) groups is 1. The highest BCUT2D eigenvalue weighted by Crippen LogP contribution is 2.41. The van der Waals surface area contributed by atoms with Crippen molar-refractivity contribution in [1.29, 1.82) is 0 Å². The van der Waals surface area contributed by atoms with Crippen molar-refractivity contribution < 1.29 is 24.1 Å². The van der Waals surface area contributed by atoms with E-state index < -0.39 is 35.2 Å². The number of hydrogen-bond donors (Lipinski definition) is 2. The maximum Gasteiger partial charge on any atom is 0.330 e. The Morgan fingerprint density at radius 3 is 2.48 bits per heavy atom. The fourth-order valence-corrected chi connectivity index (χ4v) is 6.18. The maximum absolute atomic E-state index is 13.7. The summed E-state index contributed by atoms with van der Waals surface area (Å²) in [6, 6.07) is 28.7. The fourth-order valence-electron chi connectivity index (χ4n) is 6.18. The van der Waals surface area contributed by atoms with Crippen LogP contribution in [0.1, 0.15) is 53.2 Å². The Morgan fingerprint density at radius 2 is 1.76 bits per heavy atom. The molecular formula is C37H36N6O7. The van der Waals surface area contributed by atoms with E-state index >= 15 is 0 Å². The zero-order valence-corrected chi connectivity index (χ0v) is 27.5. The van der Waals surface area contributed by atoms with Crippen LogP contribution in [-0.4, -0.2) is 43.8 Å². The number of H-pyrrole nitrogens is 1. The lowest BCUT2D eigenvalue weighted by Crippen LogP contribution is -2.41. The molecule has 50 heavy (non-hydrogen) atoms. The minimum absolute atomic E-state index is 0.0375. The number of azide groups is 1. The molecule has 2 N–H and O–H groups in total. The number of fused-ring (bicyclic) bond motifs is 3. The van der Waals surface area contributed by atoms with Crippen molar-refractivity contribution in [2.45, 2.75) is 57.3 Å². The predicted octanol–water partition coefficient (Wildman–Crippen LogP) is 5.74. The van der Waals surface area contributed by atoms with Crippen LogP contribution in [0, 0.1) is 6.92 Å². The van der Waals surface area contributed by atoms with Crippen LogP contribution in [0.3, 0.4) is 0 Å². The first-order chi connectivity index (χ1) is 24.3. The van der Waals surface area contributed by atoms with Crippen molar-refractivity contribution in [1.82, 2.24) is 14.1 Å². The lowest BCUT2D eigenvalue weighted by atomic mass is 9.84. The number of aliphatic hydroxyl groups excluding tert-OH is 1. The van der Waals surface area contributed by atoms with Gasteiger partial charge in [0.25, 0.3) is 5.56 Å². The molecule has 2 aromatic heterocycles. The SMILES string of the molecule is CCC1(c2ccc(COc3ccccc3)cc2)Oc2ccccc2-n2cccc2C1=O.Cc1cn([C@H]2C[C@H](N=[N+]=[N-])[C@@H](CO)O2)c(=O)[nH]c1=O. The molecule has 3 aromatic carbocycles. The van der Waals surface area contributed by atoms with Gasteiger partial charge in [-0.1, -0.05) is 66.6 Å². The first-order valence-corrected chi connectivity index (χ1v) is 16.2. The van der Waals surface area contributed by atoms with E-state index in [0.717, 1.165) is 22.6 Å². The fraction of sp³-hybridized carbons (Fsp3) is 0.270. The molecule has 4 atom stereocenters. The number of nitrogens with one attached hydrogen (secondary N) is 1. The quantitative estimate of drug-likeness (QED) is 0.120. The van der Waals surface area contributed by atoms with Gasteiger partial charge >= 0.3 is 5.69 Å². The van der Waals surface area contributed by atoms with E-state index in [2.05, 4.69) is 15.0 Å². The highest BCUT2D eigenvalue weighted by Gasteiger charge is 2.45. The number of aryl methyl sites for hydroxylation is 1. The lowest BCUT2D eigenvalue weighted by Gasteiger charge is -2.31. The third-order valence-corrected chi connectivity index (χ3v) is 8.86. The second kappa shape index (κ2) is 14.7. The molecule has 1 fully saturated rings. The second-order valence-electron chi connectivity index (χ2n) is 11.9. The topological polar surface area (TPSA) is 174 Å². The number of para-hydroxylation sites is 3. The Bertz CT molecular complexity index is 2140. The highest BCUT2D eigenvalue weighted by molar-refractivity contribution is 6.03. The number of ether oxygens (including phenoxy) is 3. The number of nitrogens with zero attached hydrogens (tertiary/aromatic N) is 5. The van der Waals surface area contributed by atoms with Crippen molar-refractivity contribution in [3.05, 3.63) is 157 Å². The van der Waals surface area contributed by atoms with E-state index in [0.29, 0.717) is 30.0 Å². The van der Waals surface area contributed by atoms with E-state index in [1.54, 1.807) is 6.92 Å². The molecule has 1 unspecified atom stereocenters. The van der Waals surface area contributed by atoms with Gasteiger partial charge in [0.1, 0.15) is 24.3 Å². The van der Waals surface area contributed by atoms with Gasteiger partial charge in [-0.2, -0.15) is 0 Å². The number of benzene rings is 3. The third-order valence-electron chi connectivity index (χ3n) is 8.86. The summed E-state index contributed by atoms with van der Waals surface area (Å²) in [5.41, 5.74) is 10.0. The minimum Gasteiger partial charge on any atom is -0.489 e. The second-order valence-corrected chi connectivity index (χ2v) is 11.9. The van der Waals surface area contributed by atoms with Gasteiger partial charge in [-0.25, -0.2) is 4.79 Å². The van der Waals surface area contributed by atoms with Crippen LogP contribution in [-0.2, 0) is 16.9 Å². The van der Waals surface area contributed by atoms with E-state index in [4.69, 9.17) is 24.8 Å². The Hall–Kier alpha value is -5.88. The van der Waals surface area contributed by atoms with Gasteiger partial charge in [-0.15, -0.1) is 0 Å². The lowest BCUT2D eigenvalue weighted by molar-refractivity contribution is -0.0271. The standard InChI is InChI=1S/C27H23NO3.C10H13N5O4/c1-2-27(21-16-14-20(15-17-21)19-30-22-9-4-3-5-10-22)26(29)24-12-8-18-28(24)23-11-6-7-13-25(23)31-27;1-5-3-15(10(18)12-9(5)17)8-2-6(13-14-11)7(4-16)19-8/h3-18H,2,19H2,1H3;3,6-8,16H,2,4H2,1H3,(H,12,17,18)/t;6-,7+,8+/m.0/s1. The van der Waals surface area contributed by atoms with Crippen molar-refractivity contribution >= 4 is 5.78 Å². The molecule has 0 aliphatic carbocycles. The van der Waals surface area contributed by atoms with Gasteiger partial charge in [-0.3, -0.25) is 19.1 Å². The van der Waals surface area contributed by atoms with Gasteiger partial charge in [0.15, 0.2) is 5.60 Å². The number of hydrogen-bond acceptors (Lipinski definition) is 8. The summed E-state index contributed by atoms with van der Waals surface area (Å²) in [6.07, 6.45) is 2.76. The summed E-state index contributed by atoms with van der Waals surface area (Å²) in [5.74, 6) is 1.49. The van der Waals surface area contributed by atoms with Gasteiger partial charge in [-0.05, 0) is 60.8 Å².